The van der Waals surface area contributed by atoms with Crippen molar-refractivity contribution in [2.45, 2.75) is 26.2 Å². The van der Waals surface area contributed by atoms with Gasteiger partial charge in [0.15, 0.2) is 6.07 Å². The van der Waals surface area contributed by atoms with E-state index in [1.54, 1.807) is 6.92 Å². The lowest BCUT2D eigenvalue weighted by atomic mass is 10.2. The van der Waals surface area contributed by atoms with Crippen molar-refractivity contribution in [3.63, 3.8) is 0 Å². The summed E-state index contributed by atoms with van der Waals surface area (Å²) >= 11 is 5.04. The second-order valence-electron chi connectivity index (χ2n) is 2.70. The molecular weight excluding hydrogens is 256 g/mol. The molecule has 0 atom stereocenters. The normalized spacial score (nSPS) is 9.29. The Balaban J connectivity index is 3.53. The quantitative estimate of drug-likeness (QED) is 0.312. The first-order chi connectivity index (χ1) is 8.10. The van der Waals surface area contributed by atoms with Gasteiger partial charge in [-0.05, 0) is 13.3 Å². The van der Waals surface area contributed by atoms with E-state index >= 15 is 0 Å². The molecule has 17 heavy (non-hydrogen) atoms. The topological polar surface area (TPSA) is 88.1 Å². The molecule has 0 radical (unpaired) electrons. The predicted molar refractivity (Wildman–Crippen MR) is 54.9 cm³/mol. The zero-order valence-corrected chi connectivity index (χ0v) is 10.0. The van der Waals surface area contributed by atoms with Gasteiger partial charge in [-0.15, -0.1) is 0 Å². The average molecular weight is 269 g/mol. The fraction of sp³-hybridized carbons (Fsp3) is 0.667. The smallest absolute Gasteiger partial charge is 0.466 e. The molecule has 0 fully saturated rings. The maximum Gasteiger partial charge on any atom is 0.551 e. The number of esters is 1. The number of carbonyl (C=O) groups excluding carboxylic acids is 3. The molecule has 0 aliphatic heterocycles. The third kappa shape index (κ3) is 9.43. The molecule has 98 valence electrons. The number of ether oxygens (including phenoxy) is 2. The molecule has 8 heteroatoms. The zero-order valence-electron chi connectivity index (χ0n) is 9.27. The molecule has 0 unspecified atom stereocenters. The minimum absolute atomic E-state index is 0.0764. The van der Waals surface area contributed by atoms with Crippen LogP contribution in [0.4, 0.5) is 4.79 Å². The van der Waals surface area contributed by atoms with Crippen molar-refractivity contribution in [2.24, 2.45) is 0 Å². The van der Waals surface area contributed by atoms with Crippen molar-refractivity contribution >= 4 is 29.7 Å². The van der Waals surface area contributed by atoms with Crippen LogP contribution in [0.5, 0.6) is 0 Å². The molecule has 0 bridgehead atoms. The lowest BCUT2D eigenvalue weighted by Gasteiger charge is -2.02. The summed E-state index contributed by atoms with van der Waals surface area (Å²) in [6, 6.07) is -0.404. The van der Waals surface area contributed by atoms with E-state index < -0.39 is 24.2 Å². The lowest BCUT2D eigenvalue weighted by molar-refractivity contribution is -0.242. The van der Waals surface area contributed by atoms with E-state index in [-0.39, 0.29) is 25.9 Å². The number of carbonyl (C=O) groups is 3. The van der Waals surface area contributed by atoms with Gasteiger partial charge in [-0.25, -0.2) is 14.6 Å². The van der Waals surface area contributed by atoms with Gasteiger partial charge in [-0.3, -0.25) is 4.79 Å². The standard InChI is InChI=1S/C9H13ClO7/c1-2-14-7(11)4-3-5-8(12)16-17-9(13)15-6-10/h2-6H2,1H3. The van der Waals surface area contributed by atoms with E-state index in [0.717, 1.165) is 0 Å². The summed E-state index contributed by atoms with van der Waals surface area (Å²) in [5, 5.41) is 0. The molecule has 0 saturated carbocycles. The van der Waals surface area contributed by atoms with E-state index in [1.807, 2.05) is 0 Å². The van der Waals surface area contributed by atoms with Gasteiger partial charge < -0.3 is 9.47 Å². The van der Waals surface area contributed by atoms with Crippen LogP contribution in [0.25, 0.3) is 0 Å². The Hall–Kier alpha value is -1.50. The number of rotatable bonds is 6. The van der Waals surface area contributed by atoms with Crippen LogP contribution in [-0.2, 0) is 28.8 Å². The van der Waals surface area contributed by atoms with E-state index in [4.69, 9.17) is 11.6 Å². The largest absolute Gasteiger partial charge is 0.551 e. The summed E-state index contributed by atoms with van der Waals surface area (Å²) in [5.74, 6) is -1.19. The molecule has 0 aliphatic carbocycles. The molecule has 0 aromatic heterocycles. The highest BCUT2D eigenvalue weighted by molar-refractivity contribution is 6.17. The van der Waals surface area contributed by atoms with Crippen molar-refractivity contribution in [1.82, 2.24) is 0 Å². The van der Waals surface area contributed by atoms with Gasteiger partial charge in [0.1, 0.15) is 0 Å². The van der Waals surface area contributed by atoms with Gasteiger partial charge in [0.2, 0.25) is 0 Å². The summed E-state index contributed by atoms with van der Waals surface area (Å²) in [6.07, 6.45) is -0.952. The molecule has 0 aromatic carbocycles. The first-order valence-corrected chi connectivity index (χ1v) is 5.39. The van der Waals surface area contributed by atoms with Crippen LogP contribution in [-0.4, -0.2) is 30.8 Å². The summed E-state index contributed by atoms with van der Waals surface area (Å²) in [7, 11) is 0. The van der Waals surface area contributed by atoms with Gasteiger partial charge in [-0.1, -0.05) is 11.6 Å². The third-order valence-corrected chi connectivity index (χ3v) is 1.55. The summed E-state index contributed by atoms with van der Waals surface area (Å²) < 4.78 is 8.76. The monoisotopic (exact) mass is 268 g/mol. The highest BCUT2D eigenvalue weighted by atomic mass is 35.5. The van der Waals surface area contributed by atoms with Crippen molar-refractivity contribution in [2.75, 3.05) is 12.7 Å². The number of halogens is 1. The molecule has 0 aromatic rings. The van der Waals surface area contributed by atoms with E-state index in [1.165, 1.54) is 0 Å². The highest BCUT2D eigenvalue weighted by Gasteiger charge is 2.11. The summed E-state index contributed by atoms with van der Waals surface area (Å²) in [4.78, 5) is 40.4. The Morgan fingerprint density at radius 1 is 1.00 bits per heavy atom. The highest BCUT2D eigenvalue weighted by Crippen LogP contribution is 2.01. The molecule has 0 rings (SSSR count). The maximum atomic E-state index is 11.0. The first kappa shape index (κ1) is 15.5. The van der Waals surface area contributed by atoms with Crippen LogP contribution in [0.3, 0.4) is 0 Å². The summed E-state index contributed by atoms with van der Waals surface area (Å²) in [5.41, 5.74) is 0. The van der Waals surface area contributed by atoms with Gasteiger partial charge in [0.25, 0.3) is 0 Å². The third-order valence-electron chi connectivity index (χ3n) is 1.44. The maximum absolute atomic E-state index is 11.0. The van der Waals surface area contributed by atoms with Gasteiger partial charge >= 0.3 is 18.1 Å². The minimum atomic E-state index is -1.21. The predicted octanol–water partition coefficient (Wildman–Crippen LogP) is 1.53. The Morgan fingerprint density at radius 3 is 2.24 bits per heavy atom. The van der Waals surface area contributed by atoms with Crippen LogP contribution < -0.4 is 0 Å². The summed E-state index contributed by atoms with van der Waals surface area (Å²) in [6.45, 7) is 1.97. The van der Waals surface area contributed by atoms with Gasteiger partial charge in [0, 0.05) is 6.42 Å². The SMILES string of the molecule is CCOC(=O)CCCC(=O)OOC(=O)OCCl. The Kier molecular flexibility index (Phi) is 8.85. The van der Waals surface area contributed by atoms with Crippen LogP contribution >= 0.6 is 11.6 Å². The number of hydrogen-bond donors (Lipinski definition) is 0. The molecule has 0 amide bonds. The molecule has 7 nitrogen and oxygen atoms in total. The first-order valence-electron chi connectivity index (χ1n) is 4.85. The number of alkyl halides is 1. The molecular formula is C9H13ClO7. The van der Waals surface area contributed by atoms with E-state index in [2.05, 4.69) is 19.2 Å². The van der Waals surface area contributed by atoms with Crippen LogP contribution in [0.15, 0.2) is 0 Å². The van der Waals surface area contributed by atoms with Gasteiger partial charge in [0.05, 0.1) is 13.0 Å². The second-order valence-corrected chi connectivity index (χ2v) is 2.92. The molecule has 0 heterocycles. The van der Waals surface area contributed by atoms with Crippen LogP contribution in [0.1, 0.15) is 26.2 Å². The zero-order chi connectivity index (χ0) is 13.1. The molecule has 0 N–H and O–H groups in total. The number of hydrogen-bond acceptors (Lipinski definition) is 7. The fourth-order valence-corrected chi connectivity index (χ4v) is 0.890. The van der Waals surface area contributed by atoms with E-state index in [0.29, 0.717) is 0 Å². The fourth-order valence-electron chi connectivity index (χ4n) is 0.801. The Morgan fingerprint density at radius 2 is 1.65 bits per heavy atom. The average Bonchev–Trinajstić information content (AvgIpc) is 2.27. The van der Waals surface area contributed by atoms with Crippen molar-refractivity contribution in [3.8, 4) is 0 Å². The van der Waals surface area contributed by atoms with Crippen molar-refractivity contribution in [1.29, 1.82) is 0 Å². The van der Waals surface area contributed by atoms with Crippen LogP contribution in [0, 0.1) is 0 Å². The van der Waals surface area contributed by atoms with Crippen molar-refractivity contribution in [3.05, 3.63) is 0 Å². The Labute approximate surface area is 103 Å². The molecule has 0 aliphatic rings. The second kappa shape index (κ2) is 9.71. The van der Waals surface area contributed by atoms with E-state index in [9.17, 15) is 14.4 Å². The van der Waals surface area contributed by atoms with Crippen LogP contribution in [0.2, 0.25) is 0 Å². The molecule has 0 spiro atoms. The molecule has 0 saturated heterocycles. The lowest BCUT2D eigenvalue weighted by Crippen LogP contribution is -2.12. The van der Waals surface area contributed by atoms with Crippen molar-refractivity contribution < 1.29 is 33.6 Å². The van der Waals surface area contributed by atoms with Gasteiger partial charge in [-0.2, -0.15) is 4.79 Å². The Bertz CT molecular complexity index is 266. The minimum Gasteiger partial charge on any atom is -0.466 e.